The molecule has 1 fully saturated rings. The number of pyridine rings is 1. The molecule has 1 saturated heterocycles. The zero-order valence-corrected chi connectivity index (χ0v) is 13.5. The van der Waals surface area contributed by atoms with E-state index in [4.69, 9.17) is 10.5 Å². The van der Waals surface area contributed by atoms with Crippen LogP contribution in [0.25, 0.3) is 0 Å². The van der Waals surface area contributed by atoms with Crippen LogP contribution in [0, 0.1) is 0 Å². The van der Waals surface area contributed by atoms with E-state index in [1.54, 1.807) is 17.3 Å². The van der Waals surface area contributed by atoms with Crippen molar-refractivity contribution in [1.29, 1.82) is 0 Å². The van der Waals surface area contributed by atoms with Crippen LogP contribution in [0.15, 0.2) is 54.9 Å². The molecule has 5 nitrogen and oxygen atoms in total. The summed E-state index contributed by atoms with van der Waals surface area (Å²) in [6.45, 7) is 1.25. The van der Waals surface area contributed by atoms with Crippen molar-refractivity contribution in [2.24, 2.45) is 5.73 Å². The Morgan fingerprint density at radius 3 is 2.61 bits per heavy atom. The van der Waals surface area contributed by atoms with Gasteiger partial charge in [0.25, 0.3) is 0 Å². The Labute approximate surface area is 141 Å². The average Bonchev–Trinajstić information content (AvgIpc) is 3.04. The molecule has 23 heavy (non-hydrogen) atoms. The maximum Gasteiger partial charge on any atom is 0.244 e. The first kappa shape index (κ1) is 17.2. The lowest BCUT2D eigenvalue weighted by atomic mass is 10.1. The van der Waals surface area contributed by atoms with Crippen LogP contribution in [-0.2, 0) is 4.79 Å². The minimum atomic E-state index is -0.610. The van der Waals surface area contributed by atoms with Crippen LogP contribution in [0.1, 0.15) is 18.0 Å². The molecule has 2 atom stereocenters. The number of nitrogens with zero attached hydrogens (tertiary/aromatic N) is 2. The normalized spacial score (nSPS) is 18.1. The van der Waals surface area contributed by atoms with E-state index in [1.165, 1.54) is 0 Å². The van der Waals surface area contributed by atoms with Gasteiger partial charge in [0.05, 0.1) is 6.54 Å². The molecular formula is C17H20ClN3O2. The number of likely N-dealkylation sites (tertiary alicyclic amines) is 1. The van der Waals surface area contributed by atoms with Crippen molar-refractivity contribution in [2.75, 3.05) is 13.1 Å². The number of halogens is 1. The Morgan fingerprint density at radius 2 is 1.91 bits per heavy atom. The fraction of sp³-hybridized carbons (Fsp3) is 0.294. The van der Waals surface area contributed by atoms with E-state index in [2.05, 4.69) is 4.98 Å². The molecule has 2 N–H and O–H groups in total. The van der Waals surface area contributed by atoms with E-state index in [-0.39, 0.29) is 24.4 Å². The number of carbonyl (C=O) groups is 1. The van der Waals surface area contributed by atoms with Crippen LogP contribution in [0.4, 0.5) is 0 Å². The highest BCUT2D eigenvalue weighted by Crippen LogP contribution is 2.20. The zero-order chi connectivity index (χ0) is 15.4. The maximum atomic E-state index is 12.5. The first-order valence-corrected chi connectivity index (χ1v) is 7.40. The minimum Gasteiger partial charge on any atom is -0.488 e. The summed E-state index contributed by atoms with van der Waals surface area (Å²) in [4.78, 5) is 18.2. The van der Waals surface area contributed by atoms with Crippen molar-refractivity contribution < 1.29 is 9.53 Å². The maximum absolute atomic E-state index is 12.5. The molecule has 6 heteroatoms. The lowest BCUT2D eigenvalue weighted by Gasteiger charge is -2.21. The van der Waals surface area contributed by atoms with Crippen LogP contribution < -0.4 is 10.5 Å². The second-order valence-corrected chi connectivity index (χ2v) is 5.38. The van der Waals surface area contributed by atoms with Crippen LogP contribution >= 0.6 is 12.4 Å². The Hall–Kier alpha value is -2.11. The van der Waals surface area contributed by atoms with E-state index in [0.717, 1.165) is 17.7 Å². The number of benzene rings is 1. The van der Waals surface area contributed by atoms with Gasteiger partial charge in [-0.25, -0.2) is 0 Å². The zero-order valence-electron chi connectivity index (χ0n) is 12.7. The molecule has 1 aliphatic heterocycles. The number of nitrogens with two attached hydrogens (primary N) is 1. The first-order valence-electron chi connectivity index (χ1n) is 7.40. The lowest BCUT2D eigenvalue weighted by Crippen LogP contribution is -2.38. The lowest BCUT2D eigenvalue weighted by molar-refractivity contribution is -0.131. The Balaban J connectivity index is 0.00000192. The Kier molecular flexibility index (Phi) is 5.96. The van der Waals surface area contributed by atoms with Crippen molar-refractivity contribution in [1.82, 2.24) is 9.88 Å². The molecule has 1 aromatic heterocycles. The van der Waals surface area contributed by atoms with E-state index >= 15 is 0 Å². The molecule has 1 amide bonds. The highest BCUT2D eigenvalue weighted by molar-refractivity contribution is 5.85. The number of aromatic nitrogens is 1. The van der Waals surface area contributed by atoms with Crippen molar-refractivity contribution in [2.45, 2.75) is 18.6 Å². The number of rotatable bonds is 4. The SMILES string of the molecule is Cl.NC(C(=O)N1CCC(Oc2ccncc2)C1)c1ccccc1. The average molecular weight is 334 g/mol. The number of amides is 1. The summed E-state index contributed by atoms with van der Waals surface area (Å²) in [5.41, 5.74) is 6.91. The molecule has 2 aromatic rings. The summed E-state index contributed by atoms with van der Waals surface area (Å²) >= 11 is 0. The fourth-order valence-electron chi connectivity index (χ4n) is 2.63. The summed E-state index contributed by atoms with van der Waals surface area (Å²) < 4.78 is 5.87. The van der Waals surface area contributed by atoms with E-state index in [0.29, 0.717) is 13.1 Å². The number of hydrogen-bond acceptors (Lipinski definition) is 4. The fourth-order valence-corrected chi connectivity index (χ4v) is 2.63. The van der Waals surface area contributed by atoms with Gasteiger partial charge >= 0.3 is 0 Å². The second kappa shape index (κ2) is 7.94. The quantitative estimate of drug-likeness (QED) is 0.931. The number of carbonyl (C=O) groups excluding carboxylic acids is 1. The largest absolute Gasteiger partial charge is 0.488 e. The summed E-state index contributed by atoms with van der Waals surface area (Å²) in [5, 5.41) is 0. The van der Waals surface area contributed by atoms with Gasteiger partial charge in [-0.05, 0) is 17.7 Å². The van der Waals surface area contributed by atoms with Gasteiger partial charge in [-0.2, -0.15) is 0 Å². The van der Waals surface area contributed by atoms with Gasteiger partial charge in [0.2, 0.25) is 5.91 Å². The van der Waals surface area contributed by atoms with Crippen molar-refractivity contribution in [3.8, 4) is 5.75 Å². The monoisotopic (exact) mass is 333 g/mol. The second-order valence-electron chi connectivity index (χ2n) is 5.38. The Bertz CT molecular complexity index is 624. The smallest absolute Gasteiger partial charge is 0.244 e. The highest BCUT2D eigenvalue weighted by atomic mass is 35.5. The number of hydrogen-bond donors (Lipinski definition) is 1. The van der Waals surface area contributed by atoms with Crippen molar-refractivity contribution in [3.63, 3.8) is 0 Å². The molecule has 0 bridgehead atoms. The summed E-state index contributed by atoms with van der Waals surface area (Å²) in [6, 6.07) is 12.5. The molecular weight excluding hydrogens is 314 g/mol. The molecule has 2 heterocycles. The molecule has 0 spiro atoms. The van der Waals surface area contributed by atoms with Gasteiger partial charge in [-0.15, -0.1) is 12.4 Å². The molecule has 2 unspecified atom stereocenters. The standard InChI is InChI=1S/C17H19N3O2.ClH/c18-16(13-4-2-1-3-5-13)17(21)20-11-8-15(12-20)22-14-6-9-19-10-7-14;/h1-7,9-10,15-16H,8,11-12,18H2;1H. The molecule has 0 radical (unpaired) electrons. The van der Waals surface area contributed by atoms with Crippen molar-refractivity contribution >= 4 is 18.3 Å². The summed E-state index contributed by atoms with van der Waals surface area (Å²) in [5.74, 6) is 0.730. The van der Waals surface area contributed by atoms with Crippen LogP contribution in [0.3, 0.4) is 0 Å². The summed E-state index contributed by atoms with van der Waals surface area (Å²) in [6.07, 6.45) is 4.21. The van der Waals surface area contributed by atoms with Gasteiger partial charge in [0.15, 0.2) is 0 Å². The van der Waals surface area contributed by atoms with E-state index < -0.39 is 6.04 Å². The van der Waals surface area contributed by atoms with Crippen molar-refractivity contribution in [3.05, 3.63) is 60.4 Å². The third kappa shape index (κ3) is 4.21. The molecule has 122 valence electrons. The van der Waals surface area contributed by atoms with Gasteiger partial charge < -0.3 is 15.4 Å². The van der Waals surface area contributed by atoms with E-state index in [1.807, 2.05) is 42.5 Å². The van der Waals surface area contributed by atoms with Crippen LogP contribution in [0.5, 0.6) is 5.75 Å². The first-order chi connectivity index (χ1) is 10.7. The third-order valence-electron chi connectivity index (χ3n) is 3.83. The number of ether oxygens (including phenoxy) is 1. The van der Waals surface area contributed by atoms with Crippen LogP contribution in [0.2, 0.25) is 0 Å². The van der Waals surface area contributed by atoms with Crippen LogP contribution in [-0.4, -0.2) is 35.0 Å². The minimum absolute atomic E-state index is 0. The molecule has 0 saturated carbocycles. The topological polar surface area (TPSA) is 68.5 Å². The highest BCUT2D eigenvalue weighted by Gasteiger charge is 2.30. The predicted molar refractivity (Wildman–Crippen MR) is 90.5 cm³/mol. The van der Waals surface area contributed by atoms with Gasteiger partial charge in [-0.1, -0.05) is 30.3 Å². The van der Waals surface area contributed by atoms with Gasteiger partial charge in [-0.3, -0.25) is 9.78 Å². The van der Waals surface area contributed by atoms with Gasteiger partial charge in [0.1, 0.15) is 17.9 Å². The molecule has 1 aromatic carbocycles. The molecule has 1 aliphatic rings. The Morgan fingerprint density at radius 1 is 1.22 bits per heavy atom. The molecule has 0 aliphatic carbocycles. The third-order valence-corrected chi connectivity index (χ3v) is 3.83. The molecule has 3 rings (SSSR count). The summed E-state index contributed by atoms with van der Waals surface area (Å²) in [7, 11) is 0. The van der Waals surface area contributed by atoms with E-state index in [9.17, 15) is 4.79 Å². The predicted octanol–water partition coefficient (Wildman–Crippen LogP) is 2.18. The van der Waals surface area contributed by atoms with Gasteiger partial charge in [0, 0.05) is 25.4 Å².